The van der Waals surface area contributed by atoms with Crippen LogP contribution in [0.25, 0.3) is 0 Å². The predicted molar refractivity (Wildman–Crippen MR) is 127 cm³/mol. The van der Waals surface area contributed by atoms with Crippen molar-refractivity contribution in [2.24, 2.45) is 0 Å². The second-order valence-electron chi connectivity index (χ2n) is 8.72. The summed E-state index contributed by atoms with van der Waals surface area (Å²) in [5.74, 6) is 0.821. The number of carbonyl (C=O) groups excluding carboxylic acids is 1. The molecule has 2 aliphatic heterocycles. The number of carbonyl (C=O) groups is 1. The van der Waals surface area contributed by atoms with Crippen LogP contribution >= 0.6 is 11.6 Å². The third-order valence-electron chi connectivity index (χ3n) is 6.61. The third-order valence-corrected chi connectivity index (χ3v) is 6.98. The van der Waals surface area contributed by atoms with E-state index in [1.807, 2.05) is 47.4 Å². The molecule has 1 amide bonds. The molecule has 0 radical (unpaired) electrons. The Bertz CT molecular complexity index is 906. The molecule has 2 heterocycles. The number of hydrogen-bond donors (Lipinski definition) is 0. The monoisotopic (exact) mass is 456 g/mol. The minimum atomic E-state index is 0.0830. The van der Waals surface area contributed by atoms with E-state index >= 15 is 0 Å². The van der Waals surface area contributed by atoms with Gasteiger partial charge in [-0.05, 0) is 62.1 Å². The maximum atomic E-state index is 13.4. The SMILES string of the molecule is CO[C@H]1CCCN2C(=O)c3cccc(c3)OCCN(Cc3ccccc3Cl)CCCC[C@@H]12. The molecule has 2 atom stereocenters. The second kappa shape index (κ2) is 11.2. The molecule has 172 valence electrons. The fourth-order valence-corrected chi connectivity index (χ4v) is 5.09. The highest BCUT2D eigenvalue weighted by atomic mass is 35.5. The maximum Gasteiger partial charge on any atom is 0.254 e. The van der Waals surface area contributed by atoms with E-state index in [0.29, 0.717) is 12.2 Å². The highest BCUT2D eigenvalue weighted by Gasteiger charge is 2.34. The van der Waals surface area contributed by atoms with Crippen molar-refractivity contribution in [2.75, 3.05) is 33.4 Å². The van der Waals surface area contributed by atoms with Gasteiger partial charge in [-0.25, -0.2) is 0 Å². The number of ether oxygens (including phenoxy) is 2. The van der Waals surface area contributed by atoms with Crippen LogP contribution < -0.4 is 4.74 Å². The van der Waals surface area contributed by atoms with Gasteiger partial charge in [0.05, 0.1) is 12.1 Å². The molecule has 32 heavy (non-hydrogen) atoms. The Morgan fingerprint density at radius 1 is 1.03 bits per heavy atom. The number of amides is 1. The minimum Gasteiger partial charge on any atom is -0.492 e. The van der Waals surface area contributed by atoms with Gasteiger partial charge in [0, 0.05) is 37.3 Å². The molecule has 0 N–H and O–H groups in total. The first kappa shape index (κ1) is 23.1. The molecule has 0 spiro atoms. The molecule has 2 aliphatic rings. The van der Waals surface area contributed by atoms with Crippen molar-refractivity contribution in [3.8, 4) is 5.75 Å². The molecule has 2 bridgehead atoms. The molecule has 6 heteroatoms. The Morgan fingerprint density at radius 2 is 1.91 bits per heavy atom. The zero-order valence-electron chi connectivity index (χ0n) is 18.8. The Balaban J connectivity index is 1.54. The van der Waals surface area contributed by atoms with Crippen LogP contribution in [0, 0.1) is 0 Å². The predicted octanol–water partition coefficient (Wildman–Crippen LogP) is 5.02. The summed E-state index contributed by atoms with van der Waals surface area (Å²) in [6, 6.07) is 15.7. The fraction of sp³-hybridized carbons (Fsp3) is 0.500. The van der Waals surface area contributed by atoms with Gasteiger partial charge in [0.2, 0.25) is 0 Å². The third kappa shape index (κ3) is 5.64. The summed E-state index contributed by atoms with van der Waals surface area (Å²) in [6.45, 7) is 3.93. The quantitative estimate of drug-likeness (QED) is 0.650. The van der Waals surface area contributed by atoms with Gasteiger partial charge >= 0.3 is 0 Å². The summed E-state index contributed by atoms with van der Waals surface area (Å²) in [5.41, 5.74) is 1.83. The zero-order chi connectivity index (χ0) is 22.3. The summed E-state index contributed by atoms with van der Waals surface area (Å²) in [6.07, 6.45) is 5.15. The normalized spacial score (nSPS) is 23.2. The van der Waals surface area contributed by atoms with Crippen LogP contribution in [0.3, 0.4) is 0 Å². The Kier molecular flexibility index (Phi) is 8.06. The van der Waals surface area contributed by atoms with E-state index in [0.717, 1.165) is 74.6 Å². The Morgan fingerprint density at radius 3 is 2.75 bits per heavy atom. The highest BCUT2D eigenvalue weighted by Crippen LogP contribution is 2.27. The summed E-state index contributed by atoms with van der Waals surface area (Å²) in [5, 5.41) is 0.805. The van der Waals surface area contributed by atoms with E-state index in [9.17, 15) is 4.79 Å². The molecule has 0 aliphatic carbocycles. The lowest BCUT2D eigenvalue weighted by Crippen LogP contribution is -2.51. The summed E-state index contributed by atoms with van der Waals surface area (Å²) in [4.78, 5) is 17.8. The Hall–Kier alpha value is -2.08. The van der Waals surface area contributed by atoms with E-state index in [1.165, 1.54) is 0 Å². The van der Waals surface area contributed by atoms with E-state index in [2.05, 4.69) is 11.0 Å². The summed E-state index contributed by atoms with van der Waals surface area (Å²) in [7, 11) is 1.77. The molecular weight excluding hydrogens is 424 g/mol. The van der Waals surface area contributed by atoms with Crippen LogP contribution in [-0.4, -0.2) is 61.2 Å². The van der Waals surface area contributed by atoms with Gasteiger partial charge in [0.25, 0.3) is 5.91 Å². The molecule has 0 unspecified atom stereocenters. The maximum absolute atomic E-state index is 13.4. The van der Waals surface area contributed by atoms with E-state index in [1.54, 1.807) is 7.11 Å². The Labute approximate surface area is 196 Å². The lowest BCUT2D eigenvalue weighted by molar-refractivity contribution is -0.0156. The van der Waals surface area contributed by atoms with Gasteiger partial charge in [-0.1, -0.05) is 42.3 Å². The van der Waals surface area contributed by atoms with Crippen LogP contribution in [0.2, 0.25) is 5.02 Å². The molecule has 0 saturated carbocycles. The number of rotatable bonds is 3. The average Bonchev–Trinajstić information content (AvgIpc) is 2.82. The van der Waals surface area contributed by atoms with Crippen molar-refractivity contribution in [2.45, 2.75) is 50.8 Å². The smallest absolute Gasteiger partial charge is 0.254 e. The number of methoxy groups -OCH3 is 1. The van der Waals surface area contributed by atoms with Gasteiger partial charge in [-0.3, -0.25) is 9.69 Å². The van der Waals surface area contributed by atoms with Crippen molar-refractivity contribution >= 4 is 17.5 Å². The zero-order valence-corrected chi connectivity index (χ0v) is 19.6. The van der Waals surface area contributed by atoms with Crippen LogP contribution in [0.4, 0.5) is 0 Å². The van der Waals surface area contributed by atoms with Gasteiger partial charge in [-0.2, -0.15) is 0 Å². The van der Waals surface area contributed by atoms with E-state index in [4.69, 9.17) is 21.1 Å². The molecule has 0 aromatic heterocycles. The number of benzene rings is 2. The first-order valence-electron chi connectivity index (χ1n) is 11.7. The van der Waals surface area contributed by atoms with Crippen LogP contribution in [0.1, 0.15) is 48.0 Å². The van der Waals surface area contributed by atoms with E-state index in [-0.39, 0.29) is 18.1 Å². The molecule has 2 aromatic carbocycles. The topological polar surface area (TPSA) is 42.0 Å². The van der Waals surface area contributed by atoms with Crippen molar-refractivity contribution in [3.05, 3.63) is 64.7 Å². The standard InChI is InChI=1S/C26H33ClN2O3/c1-31-25-13-7-15-29-24(25)12-4-5-14-28(19-21-8-2-3-11-23(21)27)16-17-32-22-10-6-9-20(18-22)26(29)30/h2-3,6,8-11,18,24-25H,4-5,7,12-17,19H2,1H3/t24-,25-/m0/s1. The highest BCUT2D eigenvalue weighted by molar-refractivity contribution is 6.31. The van der Waals surface area contributed by atoms with Gasteiger partial charge in [-0.15, -0.1) is 0 Å². The van der Waals surface area contributed by atoms with Gasteiger partial charge in [0.15, 0.2) is 0 Å². The second-order valence-corrected chi connectivity index (χ2v) is 9.13. The number of piperidine rings is 1. The van der Waals surface area contributed by atoms with Crippen molar-refractivity contribution < 1.29 is 14.3 Å². The lowest BCUT2D eigenvalue weighted by Gasteiger charge is -2.41. The van der Waals surface area contributed by atoms with Crippen molar-refractivity contribution in [1.29, 1.82) is 0 Å². The van der Waals surface area contributed by atoms with Gasteiger partial charge < -0.3 is 14.4 Å². The molecular formula is C26H33ClN2O3. The molecule has 4 rings (SSSR count). The average molecular weight is 457 g/mol. The van der Waals surface area contributed by atoms with Crippen LogP contribution in [-0.2, 0) is 11.3 Å². The van der Waals surface area contributed by atoms with Crippen molar-refractivity contribution in [1.82, 2.24) is 9.80 Å². The van der Waals surface area contributed by atoms with Crippen molar-refractivity contribution in [3.63, 3.8) is 0 Å². The summed E-state index contributed by atoms with van der Waals surface area (Å²) >= 11 is 6.42. The largest absolute Gasteiger partial charge is 0.492 e. The summed E-state index contributed by atoms with van der Waals surface area (Å²) < 4.78 is 11.8. The first-order valence-corrected chi connectivity index (χ1v) is 12.1. The first-order chi connectivity index (χ1) is 15.7. The van der Waals surface area contributed by atoms with Gasteiger partial charge in [0.1, 0.15) is 12.4 Å². The molecule has 2 aromatic rings. The lowest BCUT2D eigenvalue weighted by atomic mass is 9.93. The fourth-order valence-electron chi connectivity index (χ4n) is 4.89. The molecule has 5 nitrogen and oxygen atoms in total. The van der Waals surface area contributed by atoms with E-state index < -0.39 is 0 Å². The number of hydrogen-bond acceptors (Lipinski definition) is 4. The molecule has 1 saturated heterocycles. The van der Waals surface area contributed by atoms with Crippen LogP contribution in [0.15, 0.2) is 48.5 Å². The molecule has 1 fully saturated rings. The number of fused-ring (bicyclic) bond motifs is 3. The number of nitrogens with zero attached hydrogens (tertiary/aromatic N) is 2. The van der Waals surface area contributed by atoms with Crippen LogP contribution in [0.5, 0.6) is 5.75 Å². The minimum absolute atomic E-state index is 0.0830. The number of halogens is 1.